The van der Waals surface area contributed by atoms with Gasteiger partial charge in [0.1, 0.15) is 6.54 Å². The second-order valence-corrected chi connectivity index (χ2v) is 8.75. The summed E-state index contributed by atoms with van der Waals surface area (Å²) in [5.74, 6) is 0.168. The van der Waals surface area contributed by atoms with Gasteiger partial charge >= 0.3 is 6.18 Å². The molecule has 176 valence electrons. The molecule has 2 aromatic carbocycles. The van der Waals surface area contributed by atoms with Crippen molar-refractivity contribution >= 4 is 34.4 Å². The van der Waals surface area contributed by atoms with Crippen LogP contribution < -0.4 is 4.90 Å². The molecule has 5 nitrogen and oxygen atoms in total. The number of nitrogens with zero attached hydrogens (tertiary/aromatic N) is 4. The SMILES string of the molecule is CCN(C(=O)Cn1c(SCc2cccc(C(F)(F)F)c2)nc2ccncc21)c1cccc(C)c1. The van der Waals surface area contributed by atoms with Crippen LogP contribution >= 0.6 is 11.8 Å². The summed E-state index contributed by atoms with van der Waals surface area (Å²) in [6.45, 7) is 4.42. The standard InChI is InChI=1S/C25H23F3N4OS/c1-3-31(20-9-4-6-17(2)12-20)23(33)15-32-22-14-29-11-10-21(22)30-24(32)34-16-18-7-5-8-19(13-18)25(26,27)28/h4-14H,3,15-16H2,1-2H3. The van der Waals surface area contributed by atoms with E-state index in [4.69, 9.17) is 0 Å². The van der Waals surface area contributed by atoms with Gasteiger partial charge in [0.25, 0.3) is 0 Å². The lowest BCUT2D eigenvalue weighted by Gasteiger charge is -2.22. The van der Waals surface area contributed by atoms with Crippen molar-refractivity contribution in [3.63, 3.8) is 0 Å². The molecule has 0 unspecified atom stereocenters. The van der Waals surface area contributed by atoms with Crippen LogP contribution in [0, 0.1) is 6.92 Å². The minimum Gasteiger partial charge on any atom is -0.311 e. The molecule has 0 bridgehead atoms. The Morgan fingerprint density at radius 3 is 2.65 bits per heavy atom. The second-order valence-electron chi connectivity index (χ2n) is 7.81. The normalized spacial score (nSPS) is 11.7. The van der Waals surface area contributed by atoms with Gasteiger partial charge in [-0.1, -0.05) is 42.1 Å². The number of fused-ring (bicyclic) bond motifs is 1. The van der Waals surface area contributed by atoms with E-state index in [9.17, 15) is 18.0 Å². The van der Waals surface area contributed by atoms with Crippen LogP contribution in [0.25, 0.3) is 11.0 Å². The number of anilines is 1. The molecule has 4 rings (SSSR count). The Morgan fingerprint density at radius 2 is 1.91 bits per heavy atom. The molecule has 9 heteroatoms. The number of likely N-dealkylation sites (N-methyl/N-ethyl adjacent to an activating group) is 1. The number of halogens is 3. The van der Waals surface area contributed by atoms with Crippen molar-refractivity contribution in [1.29, 1.82) is 0 Å². The van der Waals surface area contributed by atoms with Gasteiger partial charge in [-0.25, -0.2) is 4.98 Å². The average Bonchev–Trinajstić information content (AvgIpc) is 3.15. The number of hydrogen-bond acceptors (Lipinski definition) is 4. The Balaban J connectivity index is 1.61. The van der Waals surface area contributed by atoms with Crippen molar-refractivity contribution in [2.75, 3.05) is 11.4 Å². The number of pyridine rings is 1. The monoisotopic (exact) mass is 484 g/mol. The molecule has 0 aliphatic rings. The van der Waals surface area contributed by atoms with E-state index in [0.717, 1.165) is 23.4 Å². The molecule has 0 atom stereocenters. The first-order valence-corrected chi connectivity index (χ1v) is 11.7. The van der Waals surface area contributed by atoms with Crippen LogP contribution in [-0.4, -0.2) is 27.0 Å². The van der Waals surface area contributed by atoms with Crippen LogP contribution in [0.1, 0.15) is 23.6 Å². The van der Waals surface area contributed by atoms with Crippen molar-refractivity contribution in [1.82, 2.24) is 14.5 Å². The van der Waals surface area contributed by atoms with E-state index in [1.165, 1.54) is 17.8 Å². The van der Waals surface area contributed by atoms with Gasteiger partial charge in [-0.2, -0.15) is 13.2 Å². The van der Waals surface area contributed by atoms with E-state index < -0.39 is 11.7 Å². The molecule has 0 N–H and O–H groups in total. The summed E-state index contributed by atoms with van der Waals surface area (Å²) in [5.41, 5.74) is 3.08. The van der Waals surface area contributed by atoms with Crippen LogP contribution in [0.4, 0.5) is 18.9 Å². The third-order valence-corrected chi connectivity index (χ3v) is 6.41. The molecule has 2 heterocycles. The first kappa shape index (κ1) is 23.8. The molecule has 34 heavy (non-hydrogen) atoms. The number of amides is 1. The number of benzene rings is 2. The highest BCUT2D eigenvalue weighted by Gasteiger charge is 2.30. The molecule has 4 aromatic rings. The summed E-state index contributed by atoms with van der Waals surface area (Å²) < 4.78 is 41.0. The van der Waals surface area contributed by atoms with Crippen molar-refractivity contribution in [3.8, 4) is 0 Å². The number of carbonyl (C=O) groups excluding carboxylic acids is 1. The fourth-order valence-corrected chi connectivity index (χ4v) is 4.67. The zero-order chi connectivity index (χ0) is 24.3. The van der Waals surface area contributed by atoms with Gasteiger partial charge in [0.15, 0.2) is 5.16 Å². The topological polar surface area (TPSA) is 51.0 Å². The molecular weight excluding hydrogens is 461 g/mol. The lowest BCUT2D eigenvalue weighted by atomic mass is 10.1. The number of rotatable bonds is 7. The number of aryl methyl sites for hydroxylation is 1. The largest absolute Gasteiger partial charge is 0.416 e. The van der Waals surface area contributed by atoms with E-state index in [2.05, 4.69) is 9.97 Å². The molecule has 2 aromatic heterocycles. The maximum Gasteiger partial charge on any atom is 0.416 e. The first-order valence-electron chi connectivity index (χ1n) is 10.7. The minimum atomic E-state index is -4.40. The Labute approximate surface area is 199 Å². The van der Waals surface area contributed by atoms with Gasteiger partial charge in [-0.05, 0) is 49.2 Å². The lowest BCUT2D eigenvalue weighted by molar-refractivity contribution is -0.137. The number of carbonyl (C=O) groups is 1. The second kappa shape index (κ2) is 9.89. The van der Waals surface area contributed by atoms with Crippen LogP contribution in [0.2, 0.25) is 0 Å². The first-order chi connectivity index (χ1) is 16.3. The summed E-state index contributed by atoms with van der Waals surface area (Å²) in [5, 5.41) is 0.550. The molecule has 0 aliphatic heterocycles. The maximum atomic E-state index is 13.3. The summed E-state index contributed by atoms with van der Waals surface area (Å²) >= 11 is 1.29. The number of hydrogen-bond donors (Lipinski definition) is 0. The highest BCUT2D eigenvalue weighted by Crippen LogP contribution is 2.32. The number of imidazole rings is 1. The zero-order valence-electron chi connectivity index (χ0n) is 18.7. The third-order valence-electron chi connectivity index (χ3n) is 5.36. The number of aromatic nitrogens is 3. The predicted molar refractivity (Wildman–Crippen MR) is 128 cm³/mol. The van der Waals surface area contributed by atoms with Crippen molar-refractivity contribution in [3.05, 3.63) is 83.7 Å². The number of thioether (sulfide) groups is 1. The van der Waals surface area contributed by atoms with Crippen molar-refractivity contribution in [2.24, 2.45) is 0 Å². The van der Waals surface area contributed by atoms with Gasteiger partial charge < -0.3 is 9.47 Å². The molecular formula is C25H23F3N4OS. The van der Waals surface area contributed by atoms with Gasteiger partial charge in [0, 0.05) is 24.2 Å². The predicted octanol–water partition coefficient (Wildman–Crippen LogP) is 6.10. The molecule has 1 amide bonds. The molecule has 0 fully saturated rings. The highest BCUT2D eigenvalue weighted by molar-refractivity contribution is 7.98. The van der Waals surface area contributed by atoms with Crippen LogP contribution in [0.15, 0.2) is 72.1 Å². The van der Waals surface area contributed by atoms with E-state index in [1.54, 1.807) is 34.0 Å². The Kier molecular flexibility index (Phi) is 6.92. The molecule has 0 radical (unpaired) electrons. The lowest BCUT2D eigenvalue weighted by Crippen LogP contribution is -2.33. The smallest absolute Gasteiger partial charge is 0.311 e. The van der Waals surface area contributed by atoms with E-state index >= 15 is 0 Å². The quantitative estimate of drug-likeness (QED) is 0.297. The summed E-state index contributed by atoms with van der Waals surface area (Å²) in [7, 11) is 0. The third kappa shape index (κ3) is 5.25. The Bertz CT molecular complexity index is 1320. The Morgan fingerprint density at radius 1 is 1.12 bits per heavy atom. The molecule has 0 saturated heterocycles. The van der Waals surface area contributed by atoms with Gasteiger partial charge in [0.05, 0.1) is 22.8 Å². The molecule has 0 spiro atoms. The van der Waals surface area contributed by atoms with Gasteiger partial charge in [0.2, 0.25) is 5.91 Å². The van der Waals surface area contributed by atoms with Crippen LogP contribution in [-0.2, 0) is 23.3 Å². The fraction of sp³-hybridized carbons (Fsp3) is 0.240. The summed E-state index contributed by atoms with van der Waals surface area (Å²) in [6, 6.07) is 14.7. The Hall–Kier alpha value is -3.33. The highest BCUT2D eigenvalue weighted by atomic mass is 32.2. The van der Waals surface area contributed by atoms with Crippen molar-refractivity contribution in [2.45, 2.75) is 37.5 Å². The van der Waals surface area contributed by atoms with Gasteiger partial charge in [-0.15, -0.1) is 0 Å². The fourth-order valence-electron chi connectivity index (χ4n) is 3.72. The van der Waals surface area contributed by atoms with E-state index in [-0.39, 0.29) is 18.2 Å². The average molecular weight is 485 g/mol. The van der Waals surface area contributed by atoms with Crippen LogP contribution in [0.3, 0.4) is 0 Å². The molecule has 0 saturated carbocycles. The zero-order valence-corrected chi connectivity index (χ0v) is 19.5. The minimum absolute atomic E-state index is 0.0366. The summed E-state index contributed by atoms with van der Waals surface area (Å²) in [4.78, 5) is 23.8. The van der Waals surface area contributed by atoms with Gasteiger partial charge in [-0.3, -0.25) is 9.78 Å². The summed E-state index contributed by atoms with van der Waals surface area (Å²) in [6.07, 6.45) is -1.13. The van der Waals surface area contributed by atoms with E-state index in [1.807, 2.05) is 38.1 Å². The number of alkyl halides is 3. The molecule has 0 aliphatic carbocycles. The van der Waals surface area contributed by atoms with Crippen molar-refractivity contribution < 1.29 is 18.0 Å². The maximum absolute atomic E-state index is 13.3. The van der Waals surface area contributed by atoms with Crippen LogP contribution in [0.5, 0.6) is 0 Å². The van der Waals surface area contributed by atoms with E-state index in [0.29, 0.717) is 28.3 Å².